The minimum Gasteiger partial charge on any atom is -0.493 e. The molecule has 19 heavy (non-hydrogen) atoms. The van der Waals surface area contributed by atoms with Crippen molar-refractivity contribution in [2.75, 3.05) is 19.5 Å². The minimum absolute atomic E-state index is 0.128. The first kappa shape index (κ1) is 13.4. The molecule has 0 radical (unpaired) electrons. The van der Waals surface area contributed by atoms with E-state index < -0.39 is 0 Å². The Morgan fingerprint density at radius 1 is 1.21 bits per heavy atom. The third kappa shape index (κ3) is 2.88. The summed E-state index contributed by atoms with van der Waals surface area (Å²) in [4.78, 5) is 12.0. The highest BCUT2D eigenvalue weighted by atomic mass is 32.1. The Balaban J connectivity index is 2.28. The molecule has 1 heterocycles. The first-order chi connectivity index (χ1) is 9.15. The highest BCUT2D eigenvalue weighted by molar-refractivity contribution is 7.08. The summed E-state index contributed by atoms with van der Waals surface area (Å²) in [6, 6.07) is 5.39. The van der Waals surface area contributed by atoms with Gasteiger partial charge in [-0.05, 0) is 30.0 Å². The maximum Gasteiger partial charge on any atom is 0.256 e. The number of rotatable bonds is 4. The minimum atomic E-state index is -0.128. The second kappa shape index (κ2) is 5.75. The van der Waals surface area contributed by atoms with Gasteiger partial charge >= 0.3 is 0 Å². The van der Waals surface area contributed by atoms with Crippen molar-refractivity contribution in [2.45, 2.75) is 6.92 Å². The van der Waals surface area contributed by atoms with Crippen LogP contribution in [0.1, 0.15) is 15.9 Å². The molecule has 4 nitrogen and oxygen atoms in total. The molecular formula is C14H15NO3S. The van der Waals surface area contributed by atoms with Crippen LogP contribution in [0.5, 0.6) is 11.5 Å². The van der Waals surface area contributed by atoms with Crippen molar-refractivity contribution in [3.63, 3.8) is 0 Å². The van der Waals surface area contributed by atoms with Crippen molar-refractivity contribution >= 4 is 22.9 Å². The summed E-state index contributed by atoms with van der Waals surface area (Å²) in [5.41, 5.74) is 2.29. The molecule has 0 spiro atoms. The normalized spacial score (nSPS) is 10.1. The summed E-state index contributed by atoms with van der Waals surface area (Å²) < 4.78 is 10.4. The van der Waals surface area contributed by atoms with E-state index in [1.807, 2.05) is 23.8 Å². The first-order valence-electron chi connectivity index (χ1n) is 5.72. The Labute approximate surface area is 116 Å². The molecule has 0 fully saturated rings. The van der Waals surface area contributed by atoms with Gasteiger partial charge in [0.2, 0.25) is 0 Å². The van der Waals surface area contributed by atoms with E-state index in [1.54, 1.807) is 26.4 Å². The van der Waals surface area contributed by atoms with Gasteiger partial charge in [0.05, 0.1) is 19.8 Å². The molecule has 2 rings (SSSR count). The van der Waals surface area contributed by atoms with E-state index in [4.69, 9.17) is 9.47 Å². The number of amides is 1. The zero-order chi connectivity index (χ0) is 13.8. The van der Waals surface area contributed by atoms with Gasteiger partial charge < -0.3 is 14.8 Å². The fraction of sp³-hybridized carbons (Fsp3) is 0.214. The van der Waals surface area contributed by atoms with Gasteiger partial charge in [0.15, 0.2) is 11.5 Å². The number of carbonyl (C=O) groups excluding carboxylic acids is 1. The predicted octanol–water partition coefficient (Wildman–Crippen LogP) is 3.33. The molecule has 5 heteroatoms. The number of anilines is 1. The molecule has 1 amide bonds. The summed E-state index contributed by atoms with van der Waals surface area (Å²) in [6.07, 6.45) is 0. The zero-order valence-electron chi connectivity index (χ0n) is 11.0. The average Bonchev–Trinajstić information content (AvgIpc) is 2.94. The topological polar surface area (TPSA) is 47.6 Å². The molecule has 0 saturated carbocycles. The maximum absolute atomic E-state index is 12.0. The van der Waals surface area contributed by atoms with Crippen LogP contribution in [0.3, 0.4) is 0 Å². The predicted molar refractivity (Wildman–Crippen MR) is 76.6 cm³/mol. The number of benzene rings is 1. The lowest BCUT2D eigenvalue weighted by atomic mass is 10.1. The fourth-order valence-electron chi connectivity index (χ4n) is 1.70. The van der Waals surface area contributed by atoms with Gasteiger partial charge in [-0.15, -0.1) is 0 Å². The molecule has 0 aliphatic rings. The van der Waals surface area contributed by atoms with Crippen LogP contribution < -0.4 is 14.8 Å². The van der Waals surface area contributed by atoms with Crippen molar-refractivity contribution in [1.82, 2.24) is 0 Å². The van der Waals surface area contributed by atoms with Crippen molar-refractivity contribution in [1.29, 1.82) is 0 Å². The van der Waals surface area contributed by atoms with Gasteiger partial charge in [0, 0.05) is 17.1 Å². The number of carbonyl (C=O) groups is 1. The van der Waals surface area contributed by atoms with Crippen molar-refractivity contribution < 1.29 is 14.3 Å². The average molecular weight is 277 g/mol. The number of thiophene rings is 1. The first-order valence-corrected chi connectivity index (χ1v) is 6.66. The van der Waals surface area contributed by atoms with Crippen LogP contribution in [0.25, 0.3) is 0 Å². The highest BCUT2D eigenvalue weighted by Crippen LogP contribution is 2.33. The van der Waals surface area contributed by atoms with Crippen LogP contribution in [0, 0.1) is 6.92 Å². The van der Waals surface area contributed by atoms with E-state index in [2.05, 4.69) is 5.32 Å². The summed E-state index contributed by atoms with van der Waals surface area (Å²) in [7, 11) is 3.15. The van der Waals surface area contributed by atoms with Gasteiger partial charge in [-0.1, -0.05) is 0 Å². The smallest absolute Gasteiger partial charge is 0.256 e. The van der Waals surface area contributed by atoms with E-state index in [0.29, 0.717) is 22.7 Å². The van der Waals surface area contributed by atoms with Gasteiger partial charge in [0.1, 0.15) is 0 Å². The molecule has 1 N–H and O–H groups in total. The largest absolute Gasteiger partial charge is 0.493 e. The van der Waals surface area contributed by atoms with Crippen molar-refractivity contribution in [3.05, 3.63) is 40.1 Å². The molecule has 0 bridgehead atoms. The van der Waals surface area contributed by atoms with Crippen LogP contribution >= 0.6 is 11.3 Å². The van der Waals surface area contributed by atoms with Gasteiger partial charge in [-0.2, -0.15) is 11.3 Å². The highest BCUT2D eigenvalue weighted by Gasteiger charge is 2.12. The molecule has 1 aromatic carbocycles. The number of ether oxygens (including phenoxy) is 2. The number of hydrogen-bond acceptors (Lipinski definition) is 4. The van der Waals surface area contributed by atoms with Crippen LogP contribution in [0.4, 0.5) is 5.69 Å². The molecule has 1 aromatic heterocycles. The van der Waals surface area contributed by atoms with E-state index >= 15 is 0 Å². The lowest BCUT2D eigenvalue weighted by Crippen LogP contribution is -2.12. The second-order valence-electron chi connectivity index (χ2n) is 3.99. The SMILES string of the molecule is COc1cc(C)c(NC(=O)c2ccsc2)cc1OC. The van der Waals surface area contributed by atoms with Crippen LogP contribution in [-0.2, 0) is 0 Å². The molecule has 0 saturated heterocycles. The zero-order valence-corrected chi connectivity index (χ0v) is 11.8. The summed E-state index contributed by atoms with van der Waals surface area (Å²) in [5.74, 6) is 1.11. The number of aryl methyl sites for hydroxylation is 1. The van der Waals surface area contributed by atoms with Gasteiger partial charge in [-0.25, -0.2) is 0 Å². The lowest BCUT2D eigenvalue weighted by Gasteiger charge is -2.13. The molecule has 0 aliphatic carbocycles. The molecule has 100 valence electrons. The Hall–Kier alpha value is -2.01. The van der Waals surface area contributed by atoms with Crippen LogP contribution in [-0.4, -0.2) is 20.1 Å². The summed E-state index contributed by atoms with van der Waals surface area (Å²) in [5, 5.41) is 6.55. The Bertz CT molecular complexity index is 579. The molecule has 0 atom stereocenters. The van der Waals surface area contributed by atoms with E-state index in [9.17, 15) is 4.79 Å². The standard InChI is InChI=1S/C14H15NO3S/c1-9-6-12(17-2)13(18-3)7-11(9)15-14(16)10-4-5-19-8-10/h4-8H,1-3H3,(H,15,16). The maximum atomic E-state index is 12.0. The molecular weight excluding hydrogens is 262 g/mol. The monoisotopic (exact) mass is 277 g/mol. The molecule has 0 aliphatic heterocycles. The van der Waals surface area contributed by atoms with Gasteiger partial charge in [-0.3, -0.25) is 4.79 Å². The van der Waals surface area contributed by atoms with Crippen LogP contribution in [0.15, 0.2) is 29.0 Å². The Kier molecular flexibility index (Phi) is 4.06. The quantitative estimate of drug-likeness (QED) is 0.932. The third-order valence-corrected chi connectivity index (χ3v) is 3.45. The lowest BCUT2D eigenvalue weighted by molar-refractivity contribution is 0.102. The Morgan fingerprint density at radius 3 is 2.47 bits per heavy atom. The summed E-state index contributed by atoms with van der Waals surface area (Å²) >= 11 is 1.49. The number of nitrogens with one attached hydrogen (secondary N) is 1. The third-order valence-electron chi connectivity index (χ3n) is 2.76. The summed E-state index contributed by atoms with van der Waals surface area (Å²) in [6.45, 7) is 1.91. The van der Waals surface area contributed by atoms with E-state index in [-0.39, 0.29) is 5.91 Å². The fourth-order valence-corrected chi connectivity index (χ4v) is 2.34. The van der Waals surface area contributed by atoms with Crippen molar-refractivity contribution in [3.8, 4) is 11.5 Å². The number of methoxy groups -OCH3 is 2. The second-order valence-corrected chi connectivity index (χ2v) is 4.77. The molecule has 2 aromatic rings. The van der Waals surface area contributed by atoms with Crippen LogP contribution in [0.2, 0.25) is 0 Å². The van der Waals surface area contributed by atoms with Crippen molar-refractivity contribution in [2.24, 2.45) is 0 Å². The van der Waals surface area contributed by atoms with E-state index in [0.717, 1.165) is 5.56 Å². The van der Waals surface area contributed by atoms with E-state index in [1.165, 1.54) is 11.3 Å². The Morgan fingerprint density at radius 2 is 1.89 bits per heavy atom. The van der Waals surface area contributed by atoms with Gasteiger partial charge in [0.25, 0.3) is 5.91 Å². The number of hydrogen-bond donors (Lipinski definition) is 1. The molecule has 0 unspecified atom stereocenters.